The molecule has 0 unspecified atom stereocenters. The number of carbonyl (C=O) groups excluding carboxylic acids is 1. The zero-order valence-electron chi connectivity index (χ0n) is 10.8. The van der Waals surface area contributed by atoms with Crippen molar-refractivity contribution in [2.45, 2.75) is 71.3 Å². The first-order valence-electron chi connectivity index (χ1n) is 6.44. The number of rotatable bonds is 4. The molecular formula is C13H25NO2. The van der Waals surface area contributed by atoms with Gasteiger partial charge in [0.15, 0.2) is 0 Å². The molecular weight excluding hydrogens is 202 g/mol. The smallest absolute Gasteiger partial charge is 0.243 e. The summed E-state index contributed by atoms with van der Waals surface area (Å²) in [7, 11) is 0. The van der Waals surface area contributed by atoms with Crippen molar-refractivity contribution in [3.63, 3.8) is 0 Å². The molecule has 94 valence electrons. The van der Waals surface area contributed by atoms with Gasteiger partial charge in [-0.2, -0.15) is 0 Å². The third kappa shape index (κ3) is 6.11. The van der Waals surface area contributed by atoms with Gasteiger partial charge in [0.05, 0.1) is 5.60 Å². The fourth-order valence-corrected chi connectivity index (χ4v) is 2.07. The maximum absolute atomic E-state index is 11.5. The Balaban J connectivity index is 2.09. The van der Waals surface area contributed by atoms with Gasteiger partial charge >= 0.3 is 0 Å². The average Bonchev–Trinajstić information content (AvgIpc) is 2.24. The van der Waals surface area contributed by atoms with E-state index in [2.05, 4.69) is 5.48 Å². The molecule has 0 atom stereocenters. The van der Waals surface area contributed by atoms with Gasteiger partial charge in [-0.15, -0.1) is 0 Å². The second-order valence-corrected chi connectivity index (χ2v) is 5.78. The highest BCUT2D eigenvalue weighted by Gasteiger charge is 2.16. The van der Waals surface area contributed by atoms with Gasteiger partial charge in [0.25, 0.3) is 0 Å². The Bertz CT molecular complexity index is 214. The molecule has 1 aliphatic carbocycles. The van der Waals surface area contributed by atoms with Crippen molar-refractivity contribution in [3.05, 3.63) is 0 Å². The van der Waals surface area contributed by atoms with Crippen molar-refractivity contribution in [3.8, 4) is 0 Å². The number of hydrogen-bond donors (Lipinski definition) is 1. The summed E-state index contributed by atoms with van der Waals surface area (Å²) in [5.41, 5.74) is 2.22. The van der Waals surface area contributed by atoms with E-state index in [1.54, 1.807) is 0 Å². The molecule has 1 aliphatic rings. The van der Waals surface area contributed by atoms with Crippen molar-refractivity contribution in [2.75, 3.05) is 0 Å². The Labute approximate surface area is 98.9 Å². The van der Waals surface area contributed by atoms with Crippen LogP contribution in [0.1, 0.15) is 65.7 Å². The van der Waals surface area contributed by atoms with Crippen LogP contribution in [0.2, 0.25) is 0 Å². The minimum absolute atomic E-state index is 0.0144. The Morgan fingerprint density at radius 2 is 1.88 bits per heavy atom. The predicted molar refractivity (Wildman–Crippen MR) is 64.8 cm³/mol. The highest BCUT2D eigenvalue weighted by atomic mass is 16.7. The first kappa shape index (κ1) is 13.5. The third-order valence-electron chi connectivity index (χ3n) is 2.98. The molecule has 1 rings (SSSR count). The monoisotopic (exact) mass is 227 g/mol. The van der Waals surface area contributed by atoms with Crippen LogP contribution in [0.5, 0.6) is 0 Å². The molecule has 0 bridgehead atoms. The molecule has 0 aromatic carbocycles. The molecule has 1 amide bonds. The minimum Gasteiger partial charge on any atom is -0.273 e. The molecule has 0 aromatic rings. The molecule has 1 fully saturated rings. The molecule has 1 saturated carbocycles. The van der Waals surface area contributed by atoms with Crippen molar-refractivity contribution < 1.29 is 9.63 Å². The Kier molecular flexibility index (Phi) is 5.26. The van der Waals surface area contributed by atoms with Gasteiger partial charge in [-0.25, -0.2) is 5.48 Å². The SMILES string of the molecule is CC(C)(C)ONC(=O)CCC1CCCCC1. The molecule has 3 nitrogen and oxygen atoms in total. The van der Waals surface area contributed by atoms with E-state index in [0.29, 0.717) is 6.42 Å². The summed E-state index contributed by atoms with van der Waals surface area (Å²) >= 11 is 0. The largest absolute Gasteiger partial charge is 0.273 e. The summed E-state index contributed by atoms with van der Waals surface area (Å²) < 4.78 is 0. The van der Waals surface area contributed by atoms with Crippen LogP contribution in [0, 0.1) is 5.92 Å². The lowest BCUT2D eigenvalue weighted by Crippen LogP contribution is -2.33. The quantitative estimate of drug-likeness (QED) is 0.749. The first-order valence-corrected chi connectivity index (χ1v) is 6.44. The summed E-state index contributed by atoms with van der Waals surface area (Å²) in [6.45, 7) is 5.78. The highest BCUT2D eigenvalue weighted by molar-refractivity contribution is 5.74. The molecule has 1 N–H and O–H groups in total. The number of carbonyl (C=O) groups is 1. The zero-order valence-corrected chi connectivity index (χ0v) is 10.8. The van der Waals surface area contributed by atoms with E-state index >= 15 is 0 Å². The molecule has 0 radical (unpaired) electrons. The van der Waals surface area contributed by atoms with Gasteiger partial charge in [0.1, 0.15) is 0 Å². The van der Waals surface area contributed by atoms with Crippen molar-refractivity contribution >= 4 is 5.91 Å². The second kappa shape index (κ2) is 6.24. The third-order valence-corrected chi connectivity index (χ3v) is 2.98. The van der Waals surface area contributed by atoms with Gasteiger partial charge in [0, 0.05) is 6.42 Å². The van der Waals surface area contributed by atoms with Crippen LogP contribution in [0.3, 0.4) is 0 Å². The fourth-order valence-electron chi connectivity index (χ4n) is 2.07. The minimum atomic E-state index is -0.305. The second-order valence-electron chi connectivity index (χ2n) is 5.78. The standard InChI is InChI=1S/C13H25NO2/c1-13(2,3)16-14-12(15)10-9-11-7-5-4-6-8-11/h11H,4-10H2,1-3H3,(H,14,15). The Hall–Kier alpha value is -0.570. The Morgan fingerprint density at radius 1 is 1.25 bits per heavy atom. The maximum Gasteiger partial charge on any atom is 0.243 e. The highest BCUT2D eigenvalue weighted by Crippen LogP contribution is 2.27. The van der Waals surface area contributed by atoms with Crippen LogP contribution in [-0.4, -0.2) is 11.5 Å². The van der Waals surface area contributed by atoms with E-state index in [9.17, 15) is 4.79 Å². The van der Waals surface area contributed by atoms with E-state index in [1.165, 1.54) is 32.1 Å². The van der Waals surface area contributed by atoms with Crippen molar-refractivity contribution in [2.24, 2.45) is 5.92 Å². The Morgan fingerprint density at radius 3 is 2.44 bits per heavy atom. The first-order chi connectivity index (χ1) is 7.47. The summed E-state index contributed by atoms with van der Waals surface area (Å²) in [6.07, 6.45) is 8.26. The lowest BCUT2D eigenvalue weighted by Gasteiger charge is -2.22. The summed E-state index contributed by atoms with van der Waals surface area (Å²) in [5, 5.41) is 0. The van der Waals surface area contributed by atoms with Crippen LogP contribution in [0.25, 0.3) is 0 Å². The van der Waals surface area contributed by atoms with E-state index in [0.717, 1.165) is 12.3 Å². The topological polar surface area (TPSA) is 38.3 Å². The maximum atomic E-state index is 11.5. The number of amides is 1. The van der Waals surface area contributed by atoms with Gasteiger partial charge in [-0.3, -0.25) is 9.63 Å². The lowest BCUT2D eigenvalue weighted by molar-refractivity contribution is -0.145. The molecule has 0 aliphatic heterocycles. The zero-order chi connectivity index (χ0) is 12.0. The molecule has 0 heterocycles. The molecule has 0 saturated heterocycles. The molecule has 16 heavy (non-hydrogen) atoms. The lowest BCUT2D eigenvalue weighted by atomic mass is 9.86. The van der Waals surface area contributed by atoms with Crippen molar-refractivity contribution in [1.29, 1.82) is 0 Å². The van der Waals surface area contributed by atoms with Crippen LogP contribution in [-0.2, 0) is 9.63 Å². The van der Waals surface area contributed by atoms with E-state index in [1.807, 2.05) is 20.8 Å². The molecule has 0 spiro atoms. The van der Waals surface area contributed by atoms with Crippen LogP contribution < -0.4 is 5.48 Å². The summed E-state index contributed by atoms with van der Waals surface area (Å²) in [6, 6.07) is 0. The van der Waals surface area contributed by atoms with Crippen molar-refractivity contribution in [1.82, 2.24) is 5.48 Å². The number of hydroxylamine groups is 1. The summed E-state index contributed by atoms with van der Waals surface area (Å²) in [5.74, 6) is 0.773. The van der Waals surface area contributed by atoms with Crippen LogP contribution in [0.4, 0.5) is 0 Å². The van der Waals surface area contributed by atoms with E-state index in [-0.39, 0.29) is 11.5 Å². The fraction of sp³-hybridized carbons (Fsp3) is 0.923. The predicted octanol–water partition coefficient (Wildman–Crippen LogP) is 3.19. The molecule has 3 heteroatoms. The normalized spacial score (nSPS) is 18.4. The van der Waals surface area contributed by atoms with Gasteiger partial charge in [0.2, 0.25) is 5.91 Å². The average molecular weight is 227 g/mol. The van der Waals surface area contributed by atoms with Gasteiger partial charge in [-0.05, 0) is 33.1 Å². The molecule has 0 aromatic heterocycles. The van der Waals surface area contributed by atoms with Crippen LogP contribution >= 0.6 is 0 Å². The number of nitrogens with one attached hydrogen (secondary N) is 1. The van der Waals surface area contributed by atoms with Crippen LogP contribution in [0.15, 0.2) is 0 Å². The van der Waals surface area contributed by atoms with E-state index < -0.39 is 0 Å². The van der Waals surface area contributed by atoms with E-state index in [4.69, 9.17) is 4.84 Å². The number of hydrogen-bond acceptors (Lipinski definition) is 2. The van der Waals surface area contributed by atoms with Gasteiger partial charge in [-0.1, -0.05) is 32.1 Å². The van der Waals surface area contributed by atoms with Gasteiger partial charge < -0.3 is 0 Å². The summed E-state index contributed by atoms with van der Waals surface area (Å²) in [4.78, 5) is 16.7.